The van der Waals surface area contributed by atoms with E-state index in [1.807, 2.05) is 18.2 Å². The van der Waals surface area contributed by atoms with Gasteiger partial charge in [0, 0.05) is 5.39 Å². The molecule has 0 aliphatic carbocycles. The maximum Gasteiger partial charge on any atom is 0.707 e. The van der Waals surface area contributed by atoms with Crippen molar-refractivity contribution in [3.05, 3.63) is 41.4 Å². The molecule has 0 radical (unpaired) electrons. The highest BCUT2D eigenvalue weighted by atomic mass is 35.5. The molecule has 5 heteroatoms. The minimum atomic E-state index is -1.84. The Balaban J connectivity index is 2.63. The van der Waals surface area contributed by atoms with Crippen LogP contribution in [0.1, 0.15) is 0 Å². The third-order valence-corrected chi connectivity index (χ3v) is 2.36. The van der Waals surface area contributed by atoms with Crippen molar-refractivity contribution in [2.75, 3.05) is 0 Å². The first kappa shape index (κ1) is 10.3. The third kappa shape index (κ3) is 2.07. The molecule has 0 saturated carbocycles. The Kier molecular flexibility index (Phi) is 2.82. The van der Waals surface area contributed by atoms with Crippen LogP contribution < -0.4 is 4.65 Å². The lowest BCUT2D eigenvalue weighted by atomic mass is 10.1. The second-order valence-electron chi connectivity index (χ2n) is 3.04. The van der Waals surface area contributed by atoms with Crippen molar-refractivity contribution in [3.63, 3.8) is 0 Å². The van der Waals surface area contributed by atoms with Crippen LogP contribution in [0.2, 0.25) is 5.02 Å². The molecule has 2 N–H and O–H groups in total. The highest BCUT2D eigenvalue weighted by Crippen LogP contribution is 2.31. The highest BCUT2D eigenvalue weighted by molar-refractivity contribution is 6.37. The molecule has 3 nitrogen and oxygen atoms in total. The van der Waals surface area contributed by atoms with E-state index in [1.54, 1.807) is 18.2 Å². The molecule has 15 heavy (non-hydrogen) atoms. The number of rotatable bonds is 2. The summed E-state index contributed by atoms with van der Waals surface area (Å²) in [5, 5.41) is 19.6. The summed E-state index contributed by atoms with van der Waals surface area (Å²) in [6.45, 7) is 0. The van der Waals surface area contributed by atoms with Gasteiger partial charge in [-0.2, -0.15) is 0 Å². The predicted octanol–water partition coefficient (Wildman–Crippen LogP) is 1.84. The summed E-state index contributed by atoms with van der Waals surface area (Å²) < 4.78 is 4.83. The lowest BCUT2D eigenvalue weighted by Gasteiger charge is -2.09. The van der Waals surface area contributed by atoms with Crippen molar-refractivity contribution in [2.24, 2.45) is 0 Å². The van der Waals surface area contributed by atoms with E-state index < -0.39 is 7.32 Å². The summed E-state index contributed by atoms with van der Waals surface area (Å²) in [5.74, 6) is 0.355. The Bertz CT molecular complexity index is 482. The smallest absolute Gasteiger partial charge is 0.511 e. The van der Waals surface area contributed by atoms with Gasteiger partial charge in [-0.05, 0) is 17.5 Å². The maximum absolute atomic E-state index is 8.75. The second-order valence-corrected chi connectivity index (χ2v) is 3.45. The van der Waals surface area contributed by atoms with Crippen molar-refractivity contribution in [1.82, 2.24) is 0 Å². The monoisotopic (exact) mass is 222 g/mol. The van der Waals surface area contributed by atoms with Gasteiger partial charge in [0.25, 0.3) is 0 Å². The van der Waals surface area contributed by atoms with Gasteiger partial charge in [-0.25, -0.2) is 0 Å². The largest absolute Gasteiger partial charge is 0.707 e. The van der Waals surface area contributed by atoms with E-state index in [4.69, 9.17) is 26.3 Å². The van der Waals surface area contributed by atoms with Crippen LogP contribution in [0.25, 0.3) is 10.8 Å². The lowest BCUT2D eigenvalue weighted by molar-refractivity contribution is 0.289. The molecule has 76 valence electrons. The molecular formula is C10H8BClO3. The van der Waals surface area contributed by atoms with Gasteiger partial charge in [0.1, 0.15) is 5.75 Å². The molecule has 0 saturated heterocycles. The molecule has 0 spiro atoms. The van der Waals surface area contributed by atoms with Crippen LogP contribution in [0.15, 0.2) is 36.4 Å². The molecular weight excluding hydrogens is 214 g/mol. The average Bonchev–Trinajstić information content (AvgIpc) is 2.17. The van der Waals surface area contributed by atoms with Crippen LogP contribution in [-0.4, -0.2) is 17.4 Å². The van der Waals surface area contributed by atoms with E-state index in [-0.39, 0.29) is 0 Å². The van der Waals surface area contributed by atoms with Gasteiger partial charge in [0.05, 0.1) is 5.02 Å². The summed E-state index contributed by atoms with van der Waals surface area (Å²) in [7, 11) is -1.84. The van der Waals surface area contributed by atoms with Crippen LogP contribution in [-0.2, 0) is 0 Å². The Morgan fingerprint density at radius 2 is 1.73 bits per heavy atom. The van der Waals surface area contributed by atoms with Crippen LogP contribution in [0.3, 0.4) is 0 Å². The fourth-order valence-corrected chi connectivity index (χ4v) is 1.75. The Labute approximate surface area is 92.0 Å². The first-order valence-corrected chi connectivity index (χ1v) is 4.76. The van der Waals surface area contributed by atoms with Crippen LogP contribution in [0.4, 0.5) is 0 Å². The van der Waals surface area contributed by atoms with Crippen LogP contribution >= 0.6 is 11.6 Å². The molecule has 0 heterocycles. The van der Waals surface area contributed by atoms with Crippen molar-refractivity contribution < 1.29 is 14.7 Å². The molecule has 0 unspecified atom stereocenters. The Morgan fingerprint density at radius 1 is 1.07 bits per heavy atom. The number of hydrogen-bond donors (Lipinski definition) is 2. The zero-order chi connectivity index (χ0) is 10.8. The van der Waals surface area contributed by atoms with E-state index in [0.29, 0.717) is 16.2 Å². The quantitative estimate of drug-likeness (QED) is 0.762. The van der Waals surface area contributed by atoms with E-state index in [2.05, 4.69) is 0 Å². The lowest BCUT2D eigenvalue weighted by Crippen LogP contribution is -2.20. The maximum atomic E-state index is 8.75. The van der Waals surface area contributed by atoms with Crippen LogP contribution in [0.5, 0.6) is 5.75 Å². The molecule has 2 aromatic carbocycles. The first-order valence-electron chi connectivity index (χ1n) is 4.38. The minimum absolute atomic E-state index is 0.355. The zero-order valence-corrected chi connectivity index (χ0v) is 8.48. The fourth-order valence-electron chi connectivity index (χ4n) is 1.47. The Morgan fingerprint density at radius 3 is 2.40 bits per heavy atom. The van der Waals surface area contributed by atoms with Crippen molar-refractivity contribution in [2.45, 2.75) is 0 Å². The summed E-state index contributed by atoms with van der Waals surface area (Å²) in [6.07, 6.45) is 0. The summed E-state index contributed by atoms with van der Waals surface area (Å²) in [5.41, 5.74) is 0. The molecule has 0 fully saturated rings. The summed E-state index contributed by atoms with van der Waals surface area (Å²) >= 11 is 6.00. The van der Waals surface area contributed by atoms with Crippen molar-refractivity contribution in [1.29, 1.82) is 0 Å². The normalized spacial score (nSPS) is 10.3. The summed E-state index contributed by atoms with van der Waals surface area (Å²) in [6, 6.07) is 10.7. The third-order valence-electron chi connectivity index (χ3n) is 2.05. The van der Waals surface area contributed by atoms with Gasteiger partial charge in [0.15, 0.2) is 0 Å². The van der Waals surface area contributed by atoms with E-state index >= 15 is 0 Å². The number of hydrogen-bond acceptors (Lipinski definition) is 3. The van der Waals surface area contributed by atoms with E-state index in [1.165, 1.54) is 0 Å². The van der Waals surface area contributed by atoms with Gasteiger partial charge >= 0.3 is 7.32 Å². The Hall–Kier alpha value is -1.23. The molecule has 2 rings (SSSR count). The van der Waals surface area contributed by atoms with Crippen molar-refractivity contribution in [3.8, 4) is 5.75 Å². The molecule has 0 atom stereocenters. The summed E-state index contributed by atoms with van der Waals surface area (Å²) in [4.78, 5) is 0. The average molecular weight is 222 g/mol. The predicted molar refractivity (Wildman–Crippen MR) is 59.8 cm³/mol. The topological polar surface area (TPSA) is 49.7 Å². The minimum Gasteiger partial charge on any atom is -0.511 e. The molecule has 0 bridgehead atoms. The standard InChI is InChI=1S/C10H8BClO3/c12-8-5-1-3-7-4-2-6-9(10(7)8)15-11(13)14/h1-6,13-14H. The number of halogens is 1. The second kappa shape index (κ2) is 4.10. The SMILES string of the molecule is OB(O)Oc1cccc2cccc(Cl)c12. The fraction of sp³-hybridized carbons (Fsp3) is 0. The molecule has 0 aliphatic heterocycles. The van der Waals surface area contributed by atoms with Gasteiger partial charge in [-0.3, -0.25) is 0 Å². The molecule has 0 aliphatic rings. The van der Waals surface area contributed by atoms with Crippen LogP contribution in [0, 0.1) is 0 Å². The van der Waals surface area contributed by atoms with Gasteiger partial charge in [0.2, 0.25) is 0 Å². The highest BCUT2D eigenvalue weighted by Gasteiger charge is 2.14. The molecule has 2 aromatic rings. The number of benzene rings is 2. The number of fused-ring (bicyclic) bond motifs is 1. The van der Waals surface area contributed by atoms with Gasteiger partial charge in [-0.15, -0.1) is 0 Å². The van der Waals surface area contributed by atoms with E-state index in [9.17, 15) is 0 Å². The van der Waals surface area contributed by atoms with Gasteiger partial charge < -0.3 is 14.7 Å². The first-order chi connectivity index (χ1) is 7.18. The van der Waals surface area contributed by atoms with Gasteiger partial charge in [-0.1, -0.05) is 35.9 Å². The van der Waals surface area contributed by atoms with Crippen molar-refractivity contribution >= 4 is 29.7 Å². The zero-order valence-electron chi connectivity index (χ0n) is 7.72. The molecule has 0 amide bonds. The van der Waals surface area contributed by atoms with E-state index in [0.717, 1.165) is 5.39 Å². The molecule has 0 aromatic heterocycles.